The minimum absolute atomic E-state index is 0.184. The summed E-state index contributed by atoms with van der Waals surface area (Å²) < 4.78 is 36.8. The molecule has 1 aliphatic heterocycles. The predicted octanol–water partition coefficient (Wildman–Crippen LogP) is 1.08. The van der Waals surface area contributed by atoms with Crippen LogP contribution in [0.5, 0.6) is 0 Å². The Morgan fingerprint density at radius 2 is 1.76 bits per heavy atom. The van der Waals surface area contributed by atoms with Crippen LogP contribution in [0.15, 0.2) is 52.0 Å². The summed E-state index contributed by atoms with van der Waals surface area (Å²) in [6, 6.07) is 7.69. The Hall–Kier alpha value is -2.95. The molecule has 29 heavy (non-hydrogen) atoms. The van der Waals surface area contributed by atoms with Gasteiger partial charge in [-0.15, -0.1) is 0 Å². The van der Waals surface area contributed by atoms with Gasteiger partial charge < -0.3 is 9.15 Å². The predicted molar refractivity (Wildman–Crippen MR) is 104 cm³/mol. The lowest BCUT2D eigenvalue weighted by Crippen LogP contribution is -2.40. The van der Waals surface area contributed by atoms with Crippen LogP contribution in [0.1, 0.15) is 21.7 Å². The Morgan fingerprint density at radius 3 is 2.38 bits per heavy atom. The quantitative estimate of drug-likeness (QED) is 0.553. The normalized spacial score (nSPS) is 15.3. The maximum absolute atomic E-state index is 12.6. The molecule has 1 aliphatic rings. The number of rotatable bonds is 5. The van der Waals surface area contributed by atoms with Gasteiger partial charge in [-0.3, -0.25) is 20.4 Å². The number of hydrazine groups is 1. The Balaban J connectivity index is 1.56. The van der Waals surface area contributed by atoms with Crippen molar-refractivity contribution < 1.29 is 27.2 Å². The summed E-state index contributed by atoms with van der Waals surface area (Å²) in [4.78, 5) is 23.9. The average molecular weight is 419 g/mol. The zero-order valence-electron chi connectivity index (χ0n) is 15.8. The molecule has 0 spiro atoms. The van der Waals surface area contributed by atoms with E-state index in [1.54, 1.807) is 19.1 Å². The highest BCUT2D eigenvalue weighted by Crippen LogP contribution is 2.18. The van der Waals surface area contributed by atoms with Crippen LogP contribution in [0.2, 0.25) is 0 Å². The highest BCUT2D eigenvalue weighted by molar-refractivity contribution is 7.89. The number of carbonyl (C=O) groups excluding carboxylic acids is 2. The highest BCUT2D eigenvalue weighted by Gasteiger charge is 2.25. The maximum atomic E-state index is 12.6. The molecule has 2 aromatic rings. The van der Waals surface area contributed by atoms with E-state index in [9.17, 15) is 18.0 Å². The van der Waals surface area contributed by atoms with Gasteiger partial charge in [-0.25, -0.2) is 8.42 Å². The standard InChI is InChI=1S/C19H21N3O6S/c1-14-17(8-11-28-14)19(24)21-20-18(23)7-4-15-2-5-16(6-3-15)29(25,26)22-9-12-27-13-10-22/h2-8,11H,9-10,12-13H2,1H3,(H,20,23)(H,21,24)/b7-4+. The summed E-state index contributed by atoms with van der Waals surface area (Å²) in [5.41, 5.74) is 5.51. The molecule has 10 heteroatoms. The molecule has 3 rings (SSSR count). The topological polar surface area (TPSA) is 118 Å². The van der Waals surface area contributed by atoms with Crippen LogP contribution in [-0.2, 0) is 19.6 Å². The fraction of sp³-hybridized carbons (Fsp3) is 0.263. The zero-order valence-corrected chi connectivity index (χ0v) is 16.6. The Labute approximate surface area is 168 Å². The van der Waals surface area contributed by atoms with Gasteiger partial charge in [0.15, 0.2) is 0 Å². The summed E-state index contributed by atoms with van der Waals surface area (Å²) in [7, 11) is -3.56. The van der Waals surface area contributed by atoms with Crippen LogP contribution in [0.4, 0.5) is 0 Å². The third-order valence-electron chi connectivity index (χ3n) is 4.32. The summed E-state index contributed by atoms with van der Waals surface area (Å²) in [6.45, 7) is 3.06. The first kappa shape index (κ1) is 20.8. The number of sulfonamides is 1. The molecule has 0 unspecified atom stereocenters. The van der Waals surface area contributed by atoms with Gasteiger partial charge in [0.05, 0.1) is 29.9 Å². The van der Waals surface area contributed by atoms with Crippen molar-refractivity contribution in [3.05, 3.63) is 59.6 Å². The van der Waals surface area contributed by atoms with E-state index >= 15 is 0 Å². The number of hydrogen-bond acceptors (Lipinski definition) is 6. The number of carbonyl (C=O) groups is 2. The fourth-order valence-electron chi connectivity index (χ4n) is 2.71. The molecule has 2 amide bonds. The van der Waals surface area contributed by atoms with E-state index in [4.69, 9.17) is 9.15 Å². The van der Waals surface area contributed by atoms with Crippen molar-refractivity contribution in [3.63, 3.8) is 0 Å². The third-order valence-corrected chi connectivity index (χ3v) is 6.23. The lowest BCUT2D eigenvalue weighted by atomic mass is 10.2. The molecule has 1 aromatic carbocycles. The van der Waals surface area contributed by atoms with Gasteiger partial charge in [-0.05, 0) is 36.8 Å². The van der Waals surface area contributed by atoms with E-state index in [1.807, 2.05) is 0 Å². The van der Waals surface area contributed by atoms with Crippen molar-refractivity contribution in [3.8, 4) is 0 Å². The smallest absolute Gasteiger partial charge is 0.273 e. The number of benzene rings is 1. The second-order valence-electron chi connectivity index (χ2n) is 6.25. The first-order valence-corrected chi connectivity index (χ1v) is 10.3. The molecule has 1 fully saturated rings. The number of morpholine rings is 1. The number of aryl methyl sites for hydroxylation is 1. The molecule has 2 heterocycles. The van der Waals surface area contributed by atoms with E-state index < -0.39 is 21.8 Å². The maximum Gasteiger partial charge on any atom is 0.273 e. The number of nitrogens with one attached hydrogen (secondary N) is 2. The molecular formula is C19H21N3O6S. The number of ether oxygens (including phenoxy) is 1. The van der Waals surface area contributed by atoms with Crippen LogP contribution in [-0.4, -0.2) is 50.8 Å². The van der Waals surface area contributed by atoms with Crippen molar-refractivity contribution in [2.24, 2.45) is 0 Å². The Morgan fingerprint density at radius 1 is 1.07 bits per heavy atom. The van der Waals surface area contributed by atoms with Crippen molar-refractivity contribution >= 4 is 27.9 Å². The van der Waals surface area contributed by atoms with Crippen molar-refractivity contribution in [1.82, 2.24) is 15.2 Å². The van der Waals surface area contributed by atoms with Gasteiger partial charge in [0, 0.05) is 19.2 Å². The Kier molecular flexibility index (Phi) is 6.47. The van der Waals surface area contributed by atoms with Crippen LogP contribution >= 0.6 is 0 Å². The van der Waals surface area contributed by atoms with Crippen LogP contribution in [0.25, 0.3) is 6.08 Å². The third kappa shape index (κ3) is 5.11. The molecule has 0 atom stereocenters. The molecular weight excluding hydrogens is 398 g/mol. The monoisotopic (exact) mass is 419 g/mol. The van der Waals surface area contributed by atoms with Crippen molar-refractivity contribution in [2.75, 3.05) is 26.3 Å². The first-order chi connectivity index (χ1) is 13.9. The minimum Gasteiger partial charge on any atom is -0.469 e. The van der Waals surface area contributed by atoms with Gasteiger partial charge in [-0.1, -0.05) is 12.1 Å². The summed E-state index contributed by atoms with van der Waals surface area (Å²) in [5.74, 6) is -0.584. The van der Waals surface area contributed by atoms with Gasteiger partial charge in [0.25, 0.3) is 11.8 Å². The SMILES string of the molecule is Cc1occc1C(=O)NNC(=O)/C=C/c1ccc(S(=O)(=O)N2CCOCC2)cc1. The lowest BCUT2D eigenvalue weighted by Gasteiger charge is -2.26. The second-order valence-corrected chi connectivity index (χ2v) is 8.19. The summed E-state index contributed by atoms with van der Waals surface area (Å²) >= 11 is 0. The second kappa shape index (κ2) is 9.03. The molecule has 154 valence electrons. The average Bonchev–Trinajstić information content (AvgIpc) is 3.17. The van der Waals surface area contributed by atoms with Crippen LogP contribution in [0, 0.1) is 6.92 Å². The van der Waals surface area contributed by atoms with Gasteiger partial charge in [0.1, 0.15) is 5.76 Å². The molecule has 1 saturated heterocycles. The number of hydrogen-bond donors (Lipinski definition) is 2. The minimum atomic E-state index is -3.56. The zero-order chi connectivity index (χ0) is 20.9. The van der Waals surface area contributed by atoms with Gasteiger partial charge >= 0.3 is 0 Å². The van der Waals surface area contributed by atoms with E-state index in [0.717, 1.165) is 0 Å². The molecule has 0 saturated carbocycles. The van der Waals surface area contributed by atoms with Crippen molar-refractivity contribution in [1.29, 1.82) is 0 Å². The van der Waals surface area contributed by atoms with Gasteiger partial charge in [0.2, 0.25) is 10.0 Å². The van der Waals surface area contributed by atoms with Crippen LogP contribution in [0.3, 0.4) is 0 Å². The van der Waals surface area contributed by atoms with Crippen molar-refractivity contribution in [2.45, 2.75) is 11.8 Å². The molecule has 2 N–H and O–H groups in total. The lowest BCUT2D eigenvalue weighted by molar-refractivity contribution is -0.117. The van der Waals surface area contributed by atoms with E-state index in [-0.39, 0.29) is 4.90 Å². The van der Waals surface area contributed by atoms with Gasteiger partial charge in [-0.2, -0.15) is 4.31 Å². The molecule has 0 bridgehead atoms. The summed E-state index contributed by atoms with van der Waals surface area (Å²) in [5, 5.41) is 0. The number of amides is 2. The molecule has 0 aliphatic carbocycles. The Bertz CT molecular complexity index is 1000. The largest absolute Gasteiger partial charge is 0.469 e. The number of furan rings is 1. The molecule has 1 aromatic heterocycles. The van der Waals surface area contributed by atoms with E-state index in [0.29, 0.717) is 43.2 Å². The van der Waals surface area contributed by atoms with E-state index in [1.165, 1.54) is 40.9 Å². The van der Waals surface area contributed by atoms with Crippen LogP contribution < -0.4 is 10.9 Å². The highest BCUT2D eigenvalue weighted by atomic mass is 32.2. The fourth-order valence-corrected chi connectivity index (χ4v) is 4.11. The molecule has 9 nitrogen and oxygen atoms in total. The summed E-state index contributed by atoms with van der Waals surface area (Å²) in [6.07, 6.45) is 4.12. The number of nitrogens with zero attached hydrogens (tertiary/aromatic N) is 1. The van der Waals surface area contributed by atoms with E-state index in [2.05, 4.69) is 10.9 Å². The molecule has 0 radical (unpaired) electrons. The first-order valence-electron chi connectivity index (χ1n) is 8.88.